The highest BCUT2D eigenvalue weighted by Crippen LogP contribution is 2.26. The minimum atomic E-state index is 0.715. The summed E-state index contributed by atoms with van der Waals surface area (Å²) < 4.78 is 11.8. The monoisotopic (exact) mass is 408 g/mol. The molecule has 0 saturated carbocycles. The first-order valence-electron chi connectivity index (χ1n) is 9.04. The molecule has 0 spiro atoms. The Labute approximate surface area is 174 Å². The van der Waals surface area contributed by atoms with Crippen LogP contribution in [-0.2, 0) is 6.42 Å². The smallest absolute Gasteiger partial charge is 0.134 e. The molecular formula is C24H18Cl2O2. The van der Waals surface area contributed by atoms with Crippen LogP contribution in [0, 0.1) is 0 Å². The zero-order valence-corrected chi connectivity index (χ0v) is 16.6. The van der Waals surface area contributed by atoms with Crippen molar-refractivity contribution in [3.05, 3.63) is 100 Å². The maximum atomic E-state index is 5.93. The maximum absolute atomic E-state index is 5.93. The lowest BCUT2D eigenvalue weighted by atomic mass is 10.2. The summed E-state index contributed by atoms with van der Waals surface area (Å²) in [6.07, 6.45) is 5.77. The Morgan fingerprint density at radius 3 is 1.86 bits per heavy atom. The van der Waals surface area contributed by atoms with Gasteiger partial charge >= 0.3 is 0 Å². The Balaban J connectivity index is 1.33. The Bertz CT molecular complexity index is 1070. The average molecular weight is 409 g/mol. The highest BCUT2D eigenvalue weighted by atomic mass is 35.5. The van der Waals surface area contributed by atoms with Crippen LogP contribution in [0.2, 0.25) is 10.0 Å². The quantitative estimate of drug-likeness (QED) is 0.321. The van der Waals surface area contributed by atoms with Gasteiger partial charge in [-0.1, -0.05) is 29.3 Å². The van der Waals surface area contributed by atoms with Gasteiger partial charge in [0.1, 0.15) is 23.0 Å². The third kappa shape index (κ3) is 4.59. The molecule has 140 valence electrons. The molecule has 0 amide bonds. The predicted molar refractivity (Wildman–Crippen MR) is 116 cm³/mol. The number of halogens is 2. The van der Waals surface area contributed by atoms with Crippen molar-refractivity contribution in [2.24, 2.45) is 0 Å². The molecule has 0 fully saturated rings. The van der Waals surface area contributed by atoms with E-state index in [4.69, 9.17) is 32.0 Å². The van der Waals surface area contributed by atoms with Crippen molar-refractivity contribution in [1.29, 1.82) is 0 Å². The fourth-order valence-corrected chi connectivity index (χ4v) is 3.17. The van der Waals surface area contributed by atoms with Gasteiger partial charge in [-0.2, -0.15) is 0 Å². The molecule has 0 unspecified atom stereocenters. The molecule has 2 nitrogen and oxygen atoms in total. The van der Waals surface area contributed by atoms with Crippen molar-refractivity contribution in [1.82, 2.24) is 0 Å². The van der Waals surface area contributed by atoms with E-state index in [9.17, 15) is 0 Å². The first-order chi connectivity index (χ1) is 13.7. The molecule has 4 heteroatoms. The number of benzene rings is 2. The van der Waals surface area contributed by atoms with Crippen LogP contribution in [0.3, 0.4) is 0 Å². The summed E-state index contributed by atoms with van der Waals surface area (Å²) in [5.74, 6) is 3.46. The van der Waals surface area contributed by atoms with E-state index in [0.29, 0.717) is 5.02 Å². The van der Waals surface area contributed by atoms with E-state index in [1.807, 2.05) is 78.9 Å². The normalized spacial score (nSPS) is 11.4. The van der Waals surface area contributed by atoms with Crippen molar-refractivity contribution in [3.63, 3.8) is 0 Å². The van der Waals surface area contributed by atoms with Crippen molar-refractivity contribution < 1.29 is 8.83 Å². The highest BCUT2D eigenvalue weighted by Gasteiger charge is 2.05. The molecule has 0 radical (unpaired) electrons. The van der Waals surface area contributed by atoms with E-state index < -0.39 is 0 Å². The van der Waals surface area contributed by atoms with Crippen LogP contribution >= 0.6 is 23.2 Å². The van der Waals surface area contributed by atoms with Crippen molar-refractivity contribution in [2.75, 3.05) is 0 Å². The van der Waals surface area contributed by atoms with Gasteiger partial charge in [0.05, 0.1) is 0 Å². The van der Waals surface area contributed by atoms with Crippen LogP contribution in [0.4, 0.5) is 0 Å². The van der Waals surface area contributed by atoms with Crippen molar-refractivity contribution in [2.45, 2.75) is 12.8 Å². The molecule has 2 heterocycles. The first kappa shape index (κ1) is 18.7. The van der Waals surface area contributed by atoms with Gasteiger partial charge in [-0.05, 0) is 85.3 Å². The van der Waals surface area contributed by atoms with Gasteiger partial charge in [0.15, 0.2) is 0 Å². The van der Waals surface area contributed by atoms with Crippen LogP contribution in [-0.4, -0.2) is 0 Å². The Morgan fingerprint density at radius 2 is 1.21 bits per heavy atom. The van der Waals surface area contributed by atoms with Crippen LogP contribution < -0.4 is 0 Å². The van der Waals surface area contributed by atoms with Gasteiger partial charge in [0.25, 0.3) is 0 Å². The molecule has 0 aliphatic carbocycles. The number of rotatable bonds is 6. The van der Waals surface area contributed by atoms with Gasteiger partial charge in [0, 0.05) is 27.6 Å². The van der Waals surface area contributed by atoms with E-state index in [2.05, 4.69) is 6.08 Å². The maximum Gasteiger partial charge on any atom is 0.134 e. The Kier molecular flexibility index (Phi) is 5.70. The molecule has 4 rings (SSSR count). The van der Waals surface area contributed by atoms with Gasteiger partial charge in [-0.25, -0.2) is 0 Å². The lowest BCUT2D eigenvalue weighted by Gasteiger charge is -1.97. The zero-order valence-electron chi connectivity index (χ0n) is 15.1. The Morgan fingerprint density at radius 1 is 0.643 bits per heavy atom. The van der Waals surface area contributed by atoms with Gasteiger partial charge in [0.2, 0.25) is 0 Å². The molecule has 0 bridgehead atoms. The fourth-order valence-electron chi connectivity index (χ4n) is 2.92. The van der Waals surface area contributed by atoms with E-state index in [0.717, 1.165) is 52.0 Å². The second-order valence-electron chi connectivity index (χ2n) is 6.42. The zero-order chi connectivity index (χ0) is 19.3. The number of allylic oxidation sites excluding steroid dienone is 1. The Hall–Kier alpha value is -2.68. The van der Waals surface area contributed by atoms with Gasteiger partial charge in [-0.3, -0.25) is 0 Å². The SMILES string of the molecule is Clc1ccc(-c2ccc(/C=C/CCc3ccc(-c4ccc(Cl)cc4)o3)o2)cc1. The lowest BCUT2D eigenvalue weighted by Crippen LogP contribution is -1.78. The first-order valence-corrected chi connectivity index (χ1v) is 9.80. The predicted octanol–water partition coefficient (Wildman–Crippen LogP) is 8.16. The van der Waals surface area contributed by atoms with Gasteiger partial charge < -0.3 is 8.83 Å². The van der Waals surface area contributed by atoms with Crippen LogP contribution in [0.5, 0.6) is 0 Å². The molecular weight excluding hydrogens is 391 g/mol. The largest absolute Gasteiger partial charge is 0.461 e. The second kappa shape index (κ2) is 8.55. The number of aryl methyl sites for hydroxylation is 1. The molecule has 2 aromatic heterocycles. The topological polar surface area (TPSA) is 26.3 Å². The summed E-state index contributed by atoms with van der Waals surface area (Å²) in [5, 5.41) is 1.44. The molecule has 28 heavy (non-hydrogen) atoms. The van der Waals surface area contributed by atoms with Crippen LogP contribution in [0.25, 0.3) is 28.7 Å². The summed E-state index contributed by atoms with van der Waals surface area (Å²) in [7, 11) is 0. The summed E-state index contributed by atoms with van der Waals surface area (Å²) in [6, 6.07) is 23.2. The van der Waals surface area contributed by atoms with E-state index >= 15 is 0 Å². The lowest BCUT2D eigenvalue weighted by molar-refractivity contribution is 0.523. The number of hydrogen-bond acceptors (Lipinski definition) is 2. The summed E-state index contributed by atoms with van der Waals surface area (Å²) >= 11 is 11.9. The van der Waals surface area contributed by atoms with Crippen LogP contribution in [0.15, 0.2) is 87.7 Å². The summed E-state index contributed by atoms with van der Waals surface area (Å²) in [4.78, 5) is 0. The van der Waals surface area contributed by atoms with Gasteiger partial charge in [-0.15, -0.1) is 0 Å². The molecule has 0 N–H and O–H groups in total. The minimum Gasteiger partial charge on any atom is -0.461 e. The second-order valence-corrected chi connectivity index (χ2v) is 7.30. The van der Waals surface area contributed by atoms with E-state index in [1.54, 1.807) is 0 Å². The summed E-state index contributed by atoms with van der Waals surface area (Å²) in [6.45, 7) is 0. The standard InChI is InChI=1S/C24H18Cl2O2/c25-19-9-5-17(6-10-19)23-15-13-21(27-23)3-1-2-4-22-14-16-24(28-22)18-7-11-20(26)12-8-18/h1,3,5-16H,2,4H2/b3-1+. The third-order valence-corrected chi connectivity index (χ3v) is 4.89. The van der Waals surface area contributed by atoms with E-state index in [-0.39, 0.29) is 0 Å². The molecule has 4 aromatic rings. The van der Waals surface area contributed by atoms with Crippen molar-refractivity contribution >= 4 is 29.3 Å². The molecule has 2 aromatic carbocycles. The molecule has 0 saturated heterocycles. The number of hydrogen-bond donors (Lipinski definition) is 0. The van der Waals surface area contributed by atoms with Crippen molar-refractivity contribution in [3.8, 4) is 22.6 Å². The van der Waals surface area contributed by atoms with E-state index in [1.165, 1.54) is 0 Å². The highest BCUT2D eigenvalue weighted by molar-refractivity contribution is 6.30. The minimum absolute atomic E-state index is 0.715. The molecule has 0 atom stereocenters. The average Bonchev–Trinajstić information content (AvgIpc) is 3.36. The third-order valence-electron chi connectivity index (χ3n) is 4.39. The van der Waals surface area contributed by atoms with Crippen LogP contribution in [0.1, 0.15) is 17.9 Å². The number of furan rings is 2. The molecule has 0 aliphatic rings. The fraction of sp³-hybridized carbons (Fsp3) is 0.0833. The molecule has 0 aliphatic heterocycles. The summed E-state index contributed by atoms with van der Waals surface area (Å²) in [5.41, 5.74) is 2.03.